The molecule has 0 heterocycles. The molecule has 0 saturated heterocycles. The van der Waals surface area contributed by atoms with Crippen LogP contribution in [-0.4, -0.2) is 43.2 Å². The summed E-state index contributed by atoms with van der Waals surface area (Å²) in [6.45, 7) is 0.105. The topological polar surface area (TPSA) is 75.6 Å². The fourth-order valence-corrected chi connectivity index (χ4v) is 2.40. The Morgan fingerprint density at radius 3 is 2.25 bits per heavy atom. The van der Waals surface area contributed by atoms with Gasteiger partial charge >= 0.3 is 5.97 Å². The molecule has 0 fully saturated rings. The number of esters is 1. The first-order valence-electron chi connectivity index (χ1n) is 7.76. The van der Waals surface area contributed by atoms with Gasteiger partial charge in [0.2, 0.25) is 0 Å². The molecule has 2 aromatic rings. The summed E-state index contributed by atoms with van der Waals surface area (Å²) in [6.07, 6.45) is -0.0165. The van der Waals surface area contributed by atoms with Gasteiger partial charge in [-0.1, -0.05) is 54.6 Å². The van der Waals surface area contributed by atoms with Crippen molar-refractivity contribution in [2.45, 2.75) is 12.5 Å². The number of carbonyl (C=O) groups excluding carboxylic acids is 2. The van der Waals surface area contributed by atoms with Gasteiger partial charge in [-0.3, -0.25) is 9.59 Å². The average Bonchev–Trinajstić information content (AvgIpc) is 2.65. The quantitative estimate of drug-likeness (QED) is 0.573. The molecule has 24 heavy (non-hydrogen) atoms. The number of nitrogens with one attached hydrogen (secondary N) is 1. The number of hydrogen-bond donors (Lipinski definition) is 2. The van der Waals surface area contributed by atoms with Crippen LogP contribution in [0.4, 0.5) is 0 Å². The number of aliphatic hydroxyl groups is 1. The van der Waals surface area contributed by atoms with Crippen molar-refractivity contribution >= 4 is 11.8 Å². The van der Waals surface area contributed by atoms with E-state index in [1.807, 2.05) is 42.5 Å². The minimum Gasteiger partial charge on any atom is -0.468 e. The van der Waals surface area contributed by atoms with Crippen molar-refractivity contribution < 1.29 is 19.4 Å². The molecule has 0 aliphatic heterocycles. The maximum absolute atomic E-state index is 12.4. The van der Waals surface area contributed by atoms with E-state index in [2.05, 4.69) is 10.1 Å². The average molecular weight is 327 g/mol. The normalized spacial score (nSPS) is 11.8. The summed E-state index contributed by atoms with van der Waals surface area (Å²) in [4.78, 5) is 24.1. The molecular formula is C19H21NO4. The second-order valence-corrected chi connectivity index (χ2v) is 5.32. The summed E-state index contributed by atoms with van der Waals surface area (Å²) < 4.78 is 4.69. The number of ketones is 1. The highest BCUT2D eigenvalue weighted by molar-refractivity contribution is 5.99. The van der Waals surface area contributed by atoms with Crippen LogP contribution in [0.2, 0.25) is 0 Å². The van der Waals surface area contributed by atoms with Gasteiger partial charge in [-0.15, -0.1) is 0 Å². The number of ether oxygens (including phenoxy) is 1. The van der Waals surface area contributed by atoms with Crippen LogP contribution in [0.1, 0.15) is 16.8 Å². The van der Waals surface area contributed by atoms with Crippen molar-refractivity contribution in [1.29, 1.82) is 0 Å². The highest BCUT2D eigenvalue weighted by Crippen LogP contribution is 2.20. The molecule has 0 saturated carbocycles. The standard InChI is InChI=1S/C19H21NO4/c1-24-19(23)17(20-11-12-21)13-18(22)16-9-7-15(8-10-16)14-5-3-2-4-6-14/h2-10,17,20-21H,11-13H2,1H3. The van der Waals surface area contributed by atoms with Crippen LogP contribution >= 0.6 is 0 Å². The summed E-state index contributed by atoms with van der Waals surface area (Å²) in [7, 11) is 1.27. The van der Waals surface area contributed by atoms with Gasteiger partial charge in [0.1, 0.15) is 6.04 Å². The number of rotatable bonds is 8. The monoisotopic (exact) mass is 327 g/mol. The Morgan fingerprint density at radius 1 is 1.04 bits per heavy atom. The van der Waals surface area contributed by atoms with E-state index >= 15 is 0 Å². The van der Waals surface area contributed by atoms with Gasteiger partial charge in [0.25, 0.3) is 0 Å². The van der Waals surface area contributed by atoms with E-state index in [-0.39, 0.29) is 25.4 Å². The van der Waals surface area contributed by atoms with E-state index in [1.165, 1.54) is 7.11 Å². The number of benzene rings is 2. The van der Waals surface area contributed by atoms with Crippen LogP contribution in [0.5, 0.6) is 0 Å². The number of carbonyl (C=O) groups is 2. The molecule has 2 aromatic carbocycles. The third-order valence-corrected chi connectivity index (χ3v) is 3.69. The zero-order valence-corrected chi connectivity index (χ0v) is 13.6. The van der Waals surface area contributed by atoms with Crippen molar-refractivity contribution in [2.75, 3.05) is 20.3 Å². The molecule has 0 aromatic heterocycles. The van der Waals surface area contributed by atoms with Crippen molar-refractivity contribution in [3.8, 4) is 11.1 Å². The molecule has 0 radical (unpaired) electrons. The molecular weight excluding hydrogens is 306 g/mol. The molecule has 5 nitrogen and oxygen atoms in total. The Kier molecular flexibility index (Phi) is 6.66. The Labute approximate surface area is 141 Å². The molecule has 0 aliphatic rings. The number of hydrogen-bond acceptors (Lipinski definition) is 5. The molecule has 0 bridgehead atoms. The van der Waals surface area contributed by atoms with Crippen molar-refractivity contribution in [1.82, 2.24) is 5.32 Å². The van der Waals surface area contributed by atoms with E-state index in [4.69, 9.17) is 5.11 Å². The van der Waals surface area contributed by atoms with Gasteiger partial charge < -0.3 is 15.2 Å². The third kappa shape index (κ3) is 4.75. The lowest BCUT2D eigenvalue weighted by Gasteiger charge is -2.15. The SMILES string of the molecule is COC(=O)C(CC(=O)c1ccc(-c2ccccc2)cc1)NCCO. The maximum Gasteiger partial charge on any atom is 0.323 e. The van der Waals surface area contributed by atoms with Crippen molar-refractivity contribution in [3.63, 3.8) is 0 Å². The second-order valence-electron chi connectivity index (χ2n) is 5.32. The fourth-order valence-electron chi connectivity index (χ4n) is 2.40. The molecule has 126 valence electrons. The smallest absolute Gasteiger partial charge is 0.323 e. The summed E-state index contributed by atoms with van der Waals surface area (Å²) in [5, 5.41) is 11.7. The van der Waals surface area contributed by atoms with E-state index in [0.717, 1.165) is 11.1 Å². The van der Waals surface area contributed by atoms with Crippen LogP contribution in [-0.2, 0) is 9.53 Å². The lowest BCUT2D eigenvalue weighted by molar-refractivity contribution is -0.143. The Hall–Kier alpha value is -2.50. The Balaban J connectivity index is 2.07. The first-order chi connectivity index (χ1) is 11.7. The van der Waals surface area contributed by atoms with Crippen LogP contribution < -0.4 is 5.32 Å². The minimum atomic E-state index is -0.761. The van der Waals surface area contributed by atoms with Gasteiger partial charge in [0, 0.05) is 18.5 Å². The maximum atomic E-state index is 12.4. The molecule has 1 unspecified atom stereocenters. The zero-order valence-electron chi connectivity index (χ0n) is 13.6. The van der Waals surface area contributed by atoms with Gasteiger partial charge in [0.15, 0.2) is 5.78 Å². The first kappa shape index (κ1) is 17.8. The van der Waals surface area contributed by atoms with E-state index in [1.54, 1.807) is 12.1 Å². The van der Waals surface area contributed by atoms with Crippen molar-refractivity contribution in [2.24, 2.45) is 0 Å². The van der Waals surface area contributed by atoms with E-state index in [9.17, 15) is 9.59 Å². The van der Waals surface area contributed by atoms with Crippen LogP contribution in [0.3, 0.4) is 0 Å². The molecule has 2 N–H and O–H groups in total. The Bertz CT molecular complexity index is 668. The summed E-state index contributed by atoms with van der Waals surface area (Å²) in [5.74, 6) is -0.673. The Morgan fingerprint density at radius 2 is 1.67 bits per heavy atom. The predicted molar refractivity (Wildman–Crippen MR) is 91.7 cm³/mol. The van der Waals surface area contributed by atoms with Crippen molar-refractivity contribution in [3.05, 3.63) is 60.2 Å². The second kappa shape index (κ2) is 8.96. The first-order valence-corrected chi connectivity index (χ1v) is 7.76. The molecule has 1 atom stereocenters. The highest BCUT2D eigenvalue weighted by Gasteiger charge is 2.22. The lowest BCUT2D eigenvalue weighted by atomic mass is 9.99. The zero-order chi connectivity index (χ0) is 17.4. The molecule has 0 amide bonds. The number of Topliss-reactive ketones (excluding diaryl/α,β-unsaturated/α-hetero) is 1. The fraction of sp³-hybridized carbons (Fsp3) is 0.263. The summed E-state index contributed by atoms with van der Waals surface area (Å²) >= 11 is 0. The third-order valence-electron chi connectivity index (χ3n) is 3.69. The van der Waals surface area contributed by atoms with Crippen LogP contribution in [0.15, 0.2) is 54.6 Å². The van der Waals surface area contributed by atoms with Crippen LogP contribution in [0, 0.1) is 0 Å². The van der Waals surface area contributed by atoms with Gasteiger partial charge in [-0.05, 0) is 11.1 Å². The number of aliphatic hydroxyl groups excluding tert-OH is 1. The molecule has 0 aliphatic carbocycles. The van der Waals surface area contributed by atoms with Crippen LogP contribution in [0.25, 0.3) is 11.1 Å². The largest absolute Gasteiger partial charge is 0.468 e. The summed E-state index contributed by atoms with van der Waals surface area (Å²) in [5.41, 5.74) is 2.64. The lowest BCUT2D eigenvalue weighted by Crippen LogP contribution is -2.40. The van der Waals surface area contributed by atoms with Gasteiger partial charge in [0.05, 0.1) is 13.7 Å². The van der Waals surface area contributed by atoms with Gasteiger partial charge in [-0.25, -0.2) is 0 Å². The predicted octanol–water partition coefficient (Wildman–Crippen LogP) is 2.05. The highest BCUT2D eigenvalue weighted by atomic mass is 16.5. The molecule has 5 heteroatoms. The minimum absolute atomic E-state index is 0.0165. The summed E-state index contributed by atoms with van der Waals surface area (Å²) in [6, 6.07) is 16.4. The molecule has 2 rings (SSSR count). The van der Waals surface area contributed by atoms with E-state index in [0.29, 0.717) is 5.56 Å². The van der Waals surface area contributed by atoms with Gasteiger partial charge in [-0.2, -0.15) is 0 Å². The van der Waals surface area contributed by atoms with E-state index < -0.39 is 12.0 Å². The molecule has 0 spiro atoms. The number of methoxy groups -OCH3 is 1.